The molecule has 2 nitrogen and oxygen atoms in total. The SMILES string of the molecule is CC(C(=O)c1ccc(F)c(F)c1)N(C)CC1CC1. The first-order valence-electron chi connectivity index (χ1n) is 6.18. The fraction of sp³-hybridized carbons (Fsp3) is 0.500. The van der Waals surface area contributed by atoms with Gasteiger partial charge in [-0.25, -0.2) is 8.78 Å². The second kappa shape index (κ2) is 5.14. The molecule has 1 aliphatic rings. The molecule has 0 heterocycles. The molecule has 0 aromatic heterocycles. The maximum absolute atomic E-state index is 13.1. The molecule has 1 aromatic carbocycles. The van der Waals surface area contributed by atoms with Crippen molar-refractivity contribution in [3.05, 3.63) is 35.4 Å². The number of likely N-dealkylation sites (N-methyl/N-ethyl adjacent to an activating group) is 1. The molecule has 1 aliphatic carbocycles. The van der Waals surface area contributed by atoms with E-state index in [9.17, 15) is 13.6 Å². The number of carbonyl (C=O) groups excluding carboxylic acids is 1. The van der Waals surface area contributed by atoms with Gasteiger partial charge in [-0.2, -0.15) is 0 Å². The van der Waals surface area contributed by atoms with Crippen LogP contribution < -0.4 is 0 Å². The molecule has 4 heteroatoms. The normalized spacial score (nSPS) is 16.9. The number of nitrogens with zero attached hydrogens (tertiary/aromatic N) is 1. The third-order valence-electron chi connectivity index (χ3n) is 3.49. The molecular weight excluding hydrogens is 236 g/mol. The first kappa shape index (κ1) is 13.1. The summed E-state index contributed by atoms with van der Waals surface area (Å²) in [7, 11) is 1.89. The van der Waals surface area contributed by atoms with Crippen molar-refractivity contribution in [2.24, 2.45) is 5.92 Å². The second-order valence-electron chi connectivity index (χ2n) is 5.05. The molecule has 0 radical (unpaired) electrons. The maximum Gasteiger partial charge on any atom is 0.179 e. The van der Waals surface area contributed by atoms with E-state index in [4.69, 9.17) is 0 Å². The Kier molecular flexibility index (Phi) is 3.76. The summed E-state index contributed by atoms with van der Waals surface area (Å²) in [5, 5.41) is 0. The van der Waals surface area contributed by atoms with Crippen LogP contribution in [0.3, 0.4) is 0 Å². The number of halogens is 2. The van der Waals surface area contributed by atoms with Gasteiger partial charge in [0.15, 0.2) is 17.4 Å². The van der Waals surface area contributed by atoms with Gasteiger partial charge in [0, 0.05) is 12.1 Å². The lowest BCUT2D eigenvalue weighted by atomic mass is 10.0. The van der Waals surface area contributed by atoms with Crippen LogP contribution in [0.4, 0.5) is 8.78 Å². The number of Topliss-reactive ketones (excluding diaryl/α,β-unsaturated/α-hetero) is 1. The van der Waals surface area contributed by atoms with Crippen LogP contribution in [0.2, 0.25) is 0 Å². The van der Waals surface area contributed by atoms with Crippen LogP contribution in [0.5, 0.6) is 0 Å². The van der Waals surface area contributed by atoms with Crippen LogP contribution >= 0.6 is 0 Å². The summed E-state index contributed by atoms with van der Waals surface area (Å²) >= 11 is 0. The average Bonchev–Trinajstić information content (AvgIpc) is 3.14. The fourth-order valence-electron chi connectivity index (χ4n) is 1.96. The number of rotatable bonds is 5. The summed E-state index contributed by atoms with van der Waals surface area (Å²) in [6, 6.07) is 2.99. The summed E-state index contributed by atoms with van der Waals surface area (Å²) in [5.74, 6) is -1.38. The summed E-state index contributed by atoms with van der Waals surface area (Å²) in [6.45, 7) is 2.68. The molecule has 1 unspecified atom stereocenters. The van der Waals surface area contributed by atoms with Crippen LogP contribution in [0.25, 0.3) is 0 Å². The van der Waals surface area contributed by atoms with Gasteiger partial charge in [0.2, 0.25) is 0 Å². The van der Waals surface area contributed by atoms with Gasteiger partial charge in [-0.1, -0.05) is 0 Å². The lowest BCUT2D eigenvalue weighted by Crippen LogP contribution is -2.37. The maximum atomic E-state index is 13.1. The number of hydrogen-bond acceptors (Lipinski definition) is 2. The highest BCUT2D eigenvalue weighted by Crippen LogP contribution is 2.30. The van der Waals surface area contributed by atoms with Crippen molar-refractivity contribution >= 4 is 5.78 Å². The highest BCUT2D eigenvalue weighted by Gasteiger charge is 2.27. The van der Waals surface area contributed by atoms with Crippen molar-refractivity contribution in [3.8, 4) is 0 Å². The van der Waals surface area contributed by atoms with Crippen molar-refractivity contribution in [1.82, 2.24) is 4.90 Å². The van der Waals surface area contributed by atoms with Gasteiger partial charge in [0.25, 0.3) is 0 Å². The molecule has 1 aromatic rings. The number of carbonyl (C=O) groups is 1. The Balaban J connectivity index is 2.06. The molecule has 0 amide bonds. The van der Waals surface area contributed by atoms with Crippen molar-refractivity contribution in [2.45, 2.75) is 25.8 Å². The topological polar surface area (TPSA) is 20.3 Å². The van der Waals surface area contributed by atoms with Crippen LogP contribution in [-0.2, 0) is 0 Å². The Bertz CT molecular complexity index is 457. The zero-order valence-electron chi connectivity index (χ0n) is 10.6. The molecular formula is C14H17F2NO. The Morgan fingerprint density at radius 3 is 2.61 bits per heavy atom. The van der Waals surface area contributed by atoms with Gasteiger partial charge in [-0.05, 0) is 50.9 Å². The zero-order chi connectivity index (χ0) is 13.3. The smallest absolute Gasteiger partial charge is 0.179 e. The molecule has 1 saturated carbocycles. The summed E-state index contributed by atoms with van der Waals surface area (Å²) < 4.78 is 25.9. The van der Waals surface area contributed by atoms with Crippen molar-refractivity contribution in [3.63, 3.8) is 0 Å². The third-order valence-corrected chi connectivity index (χ3v) is 3.49. The molecule has 0 N–H and O–H groups in total. The van der Waals surface area contributed by atoms with Crippen molar-refractivity contribution < 1.29 is 13.6 Å². The minimum atomic E-state index is -0.974. The molecule has 0 saturated heterocycles. The van der Waals surface area contributed by atoms with E-state index >= 15 is 0 Å². The minimum Gasteiger partial charge on any atom is -0.296 e. The minimum absolute atomic E-state index is 0.169. The predicted molar refractivity (Wildman–Crippen MR) is 65.5 cm³/mol. The quantitative estimate of drug-likeness (QED) is 0.752. The third kappa shape index (κ3) is 2.93. The fourth-order valence-corrected chi connectivity index (χ4v) is 1.96. The van der Waals surface area contributed by atoms with Crippen LogP contribution in [-0.4, -0.2) is 30.3 Å². The summed E-state index contributed by atoms with van der Waals surface area (Å²) in [4.78, 5) is 14.1. The van der Waals surface area contributed by atoms with E-state index in [-0.39, 0.29) is 17.4 Å². The van der Waals surface area contributed by atoms with E-state index in [2.05, 4.69) is 0 Å². The Labute approximate surface area is 106 Å². The molecule has 18 heavy (non-hydrogen) atoms. The molecule has 98 valence electrons. The van der Waals surface area contributed by atoms with Crippen molar-refractivity contribution in [1.29, 1.82) is 0 Å². The Morgan fingerprint density at radius 1 is 1.39 bits per heavy atom. The van der Waals surface area contributed by atoms with E-state index < -0.39 is 11.6 Å². The van der Waals surface area contributed by atoms with E-state index in [1.165, 1.54) is 18.9 Å². The zero-order valence-corrected chi connectivity index (χ0v) is 10.6. The standard InChI is InChI=1S/C14H17F2NO/c1-9(17(2)8-10-3-4-10)14(18)11-5-6-12(15)13(16)7-11/h5-7,9-10H,3-4,8H2,1-2H3. The van der Waals surface area contributed by atoms with Crippen LogP contribution in [0, 0.1) is 17.6 Å². The molecule has 2 rings (SSSR count). The van der Waals surface area contributed by atoms with Gasteiger partial charge in [-0.15, -0.1) is 0 Å². The van der Waals surface area contributed by atoms with Crippen molar-refractivity contribution in [2.75, 3.05) is 13.6 Å². The van der Waals surface area contributed by atoms with E-state index in [1.54, 1.807) is 6.92 Å². The molecule has 1 fully saturated rings. The van der Waals surface area contributed by atoms with Crippen LogP contribution in [0.15, 0.2) is 18.2 Å². The van der Waals surface area contributed by atoms with Gasteiger partial charge >= 0.3 is 0 Å². The van der Waals surface area contributed by atoms with E-state index in [0.29, 0.717) is 5.92 Å². The molecule has 0 spiro atoms. The molecule has 0 bridgehead atoms. The lowest BCUT2D eigenvalue weighted by molar-refractivity contribution is 0.0864. The number of hydrogen-bond donors (Lipinski definition) is 0. The highest BCUT2D eigenvalue weighted by atomic mass is 19.2. The lowest BCUT2D eigenvalue weighted by Gasteiger charge is -2.23. The van der Waals surface area contributed by atoms with Crippen LogP contribution in [0.1, 0.15) is 30.1 Å². The number of ketones is 1. The van der Waals surface area contributed by atoms with Gasteiger partial charge in [0.1, 0.15) is 0 Å². The average molecular weight is 253 g/mol. The number of benzene rings is 1. The highest BCUT2D eigenvalue weighted by molar-refractivity contribution is 5.99. The van der Waals surface area contributed by atoms with Gasteiger partial charge in [-0.3, -0.25) is 9.69 Å². The summed E-state index contributed by atoms with van der Waals surface area (Å²) in [6.07, 6.45) is 2.44. The van der Waals surface area contributed by atoms with Gasteiger partial charge < -0.3 is 0 Å². The largest absolute Gasteiger partial charge is 0.296 e. The monoisotopic (exact) mass is 253 g/mol. The second-order valence-corrected chi connectivity index (χ2v) is 5.05. The molecule has 0 aliphatic heterocycles. The van der Waals surface area contributed by atoms with Gasteiger partial charge in [0.05, 0.1) is 6.04 Å². The van der Waals surface area contributed by atoms with E-state index in [0.717, 1.165) is 18.7 Å². The predicted octanol–water partition coefficient (Wildman–Crippen LogP) is 2.88. The molecule has 1 atom stereocenters. The summed E-state index contributed by atoms with van der Waals surface area (Å²) in [5.41, 5.74) is 0.226. The Morgan fingerprint density at radius 2 is 2.06 bits per heavy atom. The van der Waals surface area contributed by atoms with E-state index in [1.807, 2.05) is 11.9 Å². The first-order valence-corrected chi connectivity index (χ1v) is 6.18. The first-order chi connectivity index (χ1) is 8.49. The Hall–Kier alpha value is -1.29.